The van der Waals surface area contributed by atoms with Crippen LogP contribution < -0.4 is 15.5 Å². The number of aldehydes is 1. The Bertz CT molecular complexity index is 1360. The van der Waals surface area contributed by atoms with E-state index < -0.39 is 6.03 Å². The largest absolute Gasteiger partial charge is 0.382 e. The van der Waals surface area contributed by atoms with Crippen LogP contribution >= 0.6 is 11.8 Å². The van der Waals surface area contributed by atoms with Crippen molar-refractivity contribution in [3.05, 3.63) is 40.7 Å². The first-order chi connectivity index (χ1) is 19.3. The molecule has 2 aromatic heterocycles. The van der Waals surface area contributed by atoms with Gasteiger partial charge in [-0.15, -0.1) is 0 Å². The molecule has 12 heteroatoms. The number of piperazine rings is 1. The lowest BCUT2D eigenvalue weighted by molar-refractivity contribution is -0.136. The second kappa shape index (κ2) is 11.8. The lowest BCUT2D eigenvalue weighted by Crippen LogP contribution is -2.48. The second-order valence-electron chi connectivity index (χ2n) is 10.6. The van der Waals surface area contributed by atoms with Gasteiger partial charge in [-0.1, -0.05) is 6.92 Å². The number of nitriles is 1. The molecule has 1 aliphatic carbocycles. The van der Waals surface area contributed by atoms with Gasteiger partial charge in [0.25, 0.3) is 0 Å². The molecule has 2 aromatic rings. The Balaban J connectivity index is 1.32. The van der Waals surface area contributed by atoms with E-state index in [0.29, 0.717) is 60.9 Å². The lowest BCUT2D eigenvalue weighted by atomic mass is 10.0. The summed E-state index contributed by atoms with van der Waals surface area (Å²) in [7, 11) is 1.91. The van der Waals surface area contributed by atoms with Gasteiger partial charge in [0, 0.05) is 55.3 Å². The number of aryl methyl sites for hydroxylation is 1. The number of fused-ring (bicyclic) bond motifs is 1. The standard InChI is InChI=1S/C28H34N8O3S/c1-3-40-28(6-7-28)18-31-22-12-24(30-14-21(22)13-29)33-27(39)36-8-4-5-19-11-20(23(17-37)32-26(19)36)15-35-10-9-34(2)16-25(35)38/h11-12,14,17H,3-10,15-16,18H2,1-2H3,(H2,30,31,33,39). The molecular weight excluding hydrogens is 528 g/mol. The van der Waals surface area contributed by atoms with Crippen molar-refractivity contribution < 1.29 is 14.4 Å². The van der Waals surface area contributed by atoms with E-state index in [0.717, 1.165) is 50.1 Å². The lowest BCUT2D eigenvalue weighted by Gasteiger charge is -2.33. The van der Waals surface area contributed by atoms with E-state index in [-0.39, 0.29) is 16.3 Å². The van der Waals surface area contributed by atoms with E-state index >= 15 is 0 Å². The van der Waals surface area contributed by atoms with Gasteiger partial charge in [0.2, 0.25) is 5.91 Å². The van der Waals surface area contributed by atoms with Crippen molar-refractivity contribution in [3.8, 4) is 6.07 Å². The maximum atomic E-state index is 13.4. The van der Waals surface area contributed by atoms with Gasteiger partial charge in [0.15, 0.2) is 6.29 Å². The van der Waals surface area contributed by atoms with E-state index in [1.807, 2.05) is 29.8 Å². The molecule has 0 spiro atoms. The topological polar surface area (TPSA) is 135 Å². The number of rotatable bonds is 9. The number of nitrogens with one attached hydrogen (secondary N) is 2. The fourth-order valence-corrected chi connectivity index (χ4v) is 6.37. The van der Waals surface area contributed by atoms with Crippen molar-refractivity contribution in [1.29, 1.82) is 5.26 Å². The highest BCUT2D eigenvalue weighted by Crippen LogP contribution is 2.48. The molecule has 3 amide bonds. The summed E-state index contributed by atoms with van der Waals surface area (Å²) in [6.07, 6.45) is 5.89. The van der Waals surface area contributed by atoms with Crippen molar-refractivity contribution in [2.24, 2.45) is 0 Å². The number of nitrogens with zero attached hydrogens (tertiary/aromatic N) is 6. The summed E-state index contributed by atoms with van der Waals surface area (Å²) < 4.78 is 0.212. The fourth-order valence-electron chi connectivity index (χ4n) is 5.19. The van der Waals surface area contributed by atoms with E-state index in [9.17, 15) is 19.6 Å². The van der Waals surface area contributed by atoms with Gasteiger partial charge in [0.05, 0.1) is 17.8 Å². The highest BCUT2D eigenvalue weighted by atomic mass is 32.2. The average molecular weight is 563 g/mol. The predicted octanol–water partition coefficient (Wildman–Crippen LogP) is 3.12. The average Bonchev–Trinajstić information content (AvgIpc) is 3.72. The number of hydrogen-bond donors (Lipinski definition) is 2. The molecule has 0 unspecified atom stereocenters. The SMILES string of the molecule is CCSC1(CNc2cc(NC(=O)N3CCCc4cc(CN5CCN(C)CC5=O)c(C=O)nc43)ncc2C#N)CC1. The summed E-state index contributed by atoms with van der Waals surface area (Å²) in [5.41, 5.74) is 2.84. The van der Waals surface area contributed by atoms with Gasteiger partial charge >= 0.3 is 6.03 Å². The van der Waals surface area contributed by atoms with Crippen LogP contribution in [0.25, 0.3) is 0 Å². The zero-order valence-corrected chi connectivity index (χ0v) is 23.7. The van der Waals surface area contributed by atoms with Crippen molar-refractivity contribution >= 4 is 47.3 Å². The molecule has 2 aliphatic heterocycles. The Morgan fingerprint density at radius 3 is 2.80 bits per heavy atom. The number of carbonyl (C=O) groups is 3. The van der Waals surface area contributed by atoms with Crippen LogP contribution in [0.4, 0.5) is 22.1 Å². The molecule has 3 aliphatic rings. The Kier molecular flexibility index (Phi) is 8.23. The minimum absolute atomic E-state index is 0.0181. The Morgan fingerprint density at radius 2 is 2.10 bits per heavy atom. The molecule has 4 heterocycles. The highest BCUT2D eigenvalue weighted by Gasteiger charge is 2.42. The van der Waals surface area contributed by atoms with E-state index in [1.54, 1.807) is 11.0 Å². The molecule has 40 heavy (non-hydrogen) atoms. The number of urea groups is 1. The first kappa shape index (κ1) is 27.9. The van der Waals surface area contributed by atoms with Gasteiger partial charge in [-0.25, -0.2) is 14.8 Å². The molecule has 0 bridgehead atoms. The van der Waals surface area contributed by atoms with Gasteiger partial charge < -0.3 is 10.2 Å². The van der Waals surface area contributed by atoms with Gasteiger partial charge in [-0.05, 0) is 50.1 Å². The van der Waals surface area contributed by atoms with Gasteiger partial charge in [0.1, 0.15) is 23.4 Å². The molecule has 1 saturated carbocycles. The molecular formula is C28H34N8O3S. The van der Waals surface area contributed by atoms with Gasteiger partial charge in [-0.2, -0.15) is 17.0 Å². The zero-order chi connectivity index (χ0) is 28.3. The summed E-state index contributed by atoms with van der Waals surface area (Å²) in [5, 5.41) is 15.8. The fraction of sp³-hybridized carbons (Fsp3) is 0.500. The third kappa shape index (κ3) is 6.05. The minimum atomic E-state index is -0.407. The number of amides is 3. The number of thioether (sulfide) groups is 1. The van der Waals surface area contributed by atoms with Crippen molar-refractivity contribution in [2.45, 2.75) is 43.9 Å². The van der Waals surface area contributed by atoms with Crippen LogP contribution in [0.2, 0.25) is 0 Å². The Labute approximate surface area is 238 Å². The van der Waals surface area contributed by atoms with Crippen LogP contribution in [0.15, 0.2) is 18.3 Å². The number of carbonyl (C=O) groups excluding carboxylic acids is 3. The summed E-state index contributed by atoms with van der Waals surface area (Å²) in [6.45, 7) is 5.36. The molecule has 2 fully saturated rings. The molecule has 11 nitrogen and oxygen atoms in total. The Hall–Kier alpha value is -3.69. The monoisotopic (exact) mass is 562 g/mol. The number of pyridine rings is 2. The predicted molar refractivity (Wildman–Crippen MR) is 155 cm³/mol. The van der Waals surface area contributed by atoms with Crippen LogP contribution in [0.3, 0.4) is 0 Å². The van der Waals surface area contributed by atoms with Crippen LogP contribution in [-0.4, -0.2) is 88.3 Å². The summed E-state index contributed by atoms with van der Waals surface area (Å²) in [6, 6.07) is 5.35. The summed E-state index contributed by atoms with van der Waals surface area (Å²) in [4.78, 5) is 52.0. The van der Waals surface area contributed by atoms with E-state index in [4.69, 9.17) is 0 Å². The summed E-state index contributed by atoms with van der Waals surface area (Å²) >= 11 is 1.93. The second-order valence-corrected chi connectivity index (χ2v) is 12.3. The number of likely N-dealkylation sites (N-methyl/N-ethyl adjacent to an activating group) is 1. The van der Waals surface area contributed by atoms with Crippen molar-refractivity contribution in [2.75, 3.05) is 61.1 Å². The molecule has 5 rings (SSSR count). The number of hydrogen-bond acceptors (Lipinski definition) is 9. The molecule has 1 saturated heterocycles. The maximum Gasteiger partial charge on any atom is 0.328 e. The molecule has 210 valence electrons. The van der Waals surface area contributed by atoms with E-state index in [2.05, 4.69) is 33.6 Å². The van der Waals surface area contributed by atoms with Crippen molar-refractivity contribution in [3.63, 3.8) is 0 Å². The third-order valence-electron chi connectivity index (χ3n) is 7.62. The molecule has 0 radical (unpaired) electrons. The first-order valence-corrected chi connectivity index (χ1v) is 14.6. The highest BCUT2D eigenvalue weighted by molar-refractivity contribution is 8.00. The minimum Gasteiger partial charge on any atom is -0.382 e. The van der Waals surface area contributed by atoms with Crippen LogP contribution in [0.1, 0.15) is 53.4 Å². The third-order valence-corrected chi connectivity index (χ3v) is 9.07. The van der Waals surface area contributed by atoms with Gasteiger partial charge in [-0.3, -0.25) is 24.7 Å². The first-order valence-electron chi connectivity index (χ1n) is 13.7. The maximum absolute atomic E-state index is 13.4. The smallest absolute Gasteiger partial charge is 0.328 e. The normalized spacial score (nSPS) is 18.1. The van der Waals surface area contributed by atoms with Crippen LogP contribution in [0, 0.1) is 11.3 Å². The summed E-state index contributed by atoms with van der Waals surface area (Å²) in [5.74, 6) is 1.83. The number of anilines is 3. The van der Waals surface area contributed by atoms with Crippen LogP contribution in [-0.2, 0) is 17.8 Å². The zero-order valence-electron chi connectivity index (χ0n) is 22.9. The van der Waals surface area contributed by atoms with Crippen LogP contribution in [0.5, 0.6) is 0 Å². The quantitative estimate of drug-likeness (QED) is 0.442. The van der Waals surface area contributed by atoms with E-state index in [1.165, 1.54) is 11.1 Å². The molecule has 2 N–H and O–H groups in total. The number of aromatic nitrogens is 2. The molecule has 0 aromatic carbocycles. The van der Waals surface area contributed by atoms with Crippen molar-refractivity contribution in [1.82, 2.24) is 19.8 Å². The Morgan fingerprint density at radius 1 is 1.27 bits per heavy atom. The molecule has 0 atom stereocenters.